The van der Waals surface area contributed by atoms with Gasteiger partial charge in [-0.25, -0.2) is 0 Å². The molecule has 0 atom stereocenters. The lowest BCUT2D eigenvalue weighted by Crippen LogP contribution is -1.90. The molecule has 0 aromatic carbocycles. The molecule has 62 valence electrons. The minimum Gasteiger partial charge on any atom is -0.465 e. The van der Waals surface area contributed by atoms with Gasteiger partial charge in [0.25, 0.3) is 0 Å². The van der Waals surface area contributed by atoms with E-state index in [1.165, 1.54) is 6.92 Å². The van der Waals surface area contributed by atoms with Crippen molar-refractivity contribution in [3.05, 3.63) is 17.6 Å². The van der Waals surface area contributed by atoms with Crippen LogP contribution in [0.4, 0.5) is 3.89 Å². The van der Waals surface area contributed by atoms with Crippen LogP contribution in [0.3, 0.4) is 0 Å². The van der Waals surface area contributed by atoms with E-state index in [0.717, 1.165) is 6.07 Å². The molecule has 0 aliphatic carbocycles. The topological polar surface area (TPSA) is 47.3 Å². The average Bonchev–Trinajstić information content (AvgIpc) is 2.08. The van der Waals surface area contributed by atoms with Crippen LogP contribution in [-0.2, 0) is 10.2 Å². The van der Waals surface area contributed by atoms with Crippen LogP contribution in [0, 0.1) is 13.8 Å². The quantitative estimate of drug-likeness (QED) is 0.613. The first-order valence-electron chi connectivity index (χ1n) is 2.93. The van der Waals surface area contributed by atoms with Crippen molar-refractivity contribution in [1.82, 2.24) is 0 Å². The summed E-state index contributed by atoms with van der Waals surface area (Å²) in [6.45, 7) is 2.96. The third kappa shape index (κ3) is 1.59. The molecule has 0 fully saturated rings. The van der Waals surface area contributed by atoms with Crippen molar-refractivity contribution in [2.45, 2.75) is 18.7 Å². The summed E-state index contributed by atoms with van der Waals surface area (Å²) < 4.78 is 37.8. The molecule has 0 bridgehead atoms. The highest BCUT2D eigenvalue weighted by Crippen LogP contribution is 2.20. The fourth-order valence-electron chi connectivity index (χ4n) is 0.850. The molecule has 0 aliphatic rings. The molecule has 1 heterocycles. The van der Waals surface area contributed by atoms with Gasteiger partial charge in [0, 0.05) is 6.07 Å². The summed E-state index contributed by atoms with van der Waals surface area (Å²) in [5.74, 6) is 0.476. The van der Waals surface area contributed by atoms with E-state index in [4.69, 9.17) is 4.42 Å². The molecule has 0 radical (unpaired) electrons. The van der Waals surface area contributed by atoms with Gasteiger partial charge in [-0.1, -0.05) is 0 Å². The third-order valence-corrected chi connectivity index (χ3v) is 2.19. The van der Waals surface area contributed by atoms with Gasteiger partial charge in [0.2, 0.25) is 0 Å². The first-order valence-corrected chi connectivity index (χ1v) is 4.31. The van der Waals surface area contributed by atoms with Crippen molar-refractivity contribution >= 4 is 10.2 Å². The molecule has 3 nitrogen and oxygen atoms in total. The molecule has 11 heavy (non-hydrogen) atoms. The van der Waals surface area contributed by atoms with Crippen LogP contribution in [0.15, 0.2) is 15.4 Å². The minimum absolute atomic E-state index is 0.0880. The summed E-state index contributed by atoms with van der Waals surface area (Å²) in [6, 6.07) is 1.16. The summed E-state index contributed by atoms with van der Waals surface area (Å²) in [7, 11) is -4.61. The predicted molar refractivity (Wildman–Crippen MR) is 36.5 cm³/mol. The summed E-state index contributed by atoms with van der Waals surface area (Å²) in [4.78, 5) is -0.380. The van der Waals surface area contributed by atoms with Crippen molar-refractivity contribution < 1.29 is 16.7 Å². The predicted octanol–water partition coefficient (Wildman–Crippen LogP) is 1.55. The van der Waals surface area contributed by atoms with Crippen molar-refractivity contribution in [2.75, 3.05) is 0 Å². The molecule has 5 heteroatoms. The zero-order valence-electron chi connectivity index (χ0n) is 6.09. The summed E-state index contributed by atoms with van der Waals surface area (Å²) >= 11 is 0. The van der Waals surface area contributed by atoms with E-state index in [1.54, 1.807) is 6.92 Å². The number of hydrogen-bond donors (Lipinski definition) is 0. The molecular formula is C6H7FO3S. The Bertz CT molecular complexity index is 363. The van der Waals surface area contributed by atoms with Crippen LogP contribution < -0.4 is 0 Å². The maximum absolute atomic E-state index is 12.3. The Hall–Kier alpha value is -0.840. The van der Waals surface area contributed by atoms with E-state index in [0.29, 0.717) is 5.76 Å². The zero-order chi connectivity index (χ0) is 8.65. The maximum atomic E-state index is 12.3. The SMILES string of the molecule is Cc1cc(S(=O)(=O)F)c(C)o1. The fourth-order valence-corrected chi connectivity index (χ4v) is 1.54. The monoisotopic (exact) mass is 178 g/mol. The largest absolute Gasteiger partial charge is 0.465 e. The number of hydrogen-bond acceptors (Lipinski definition) is 3. The Balaban J connectivity index is 3.36. The van der Waals surface area contributed by atoms with Gasteiger partial charge in [0.05, 0.1) is 0 Å². The van der Waals surface area contributed by atoms with Gasteiger partial charge >= 0.3 is 10.2 Å². The van der Waals surface area contributed by atoms with Gasteiger partial charge < -0.3 is 4.42 Å². The lowest BCUT2D eigenvalue weighted by Gasteiger charge is -1.87. The fraction of sp³-hybridized carbons (Fsp3) is 0.333. The lowest BCUT2D eigenvalue weighted by atomic mass is 10.4. The standard InChI is InChI=1S/C6H7FO3S/c1-4-3-6(5(2)10-4)11(7,8)9/h3H,1-2H3. The van der Waals surface area contributed by atoms with Crippen molar-refractivity contribution in [3.8, 4) is 0 Å². The highest BCUT2D eigenvalue weighted by Gasteiger charge is 2.18. The second kappa shape index (κ2) is 2.34. The normalized spacial score (nSPS) is 11.9. The van der Waals surface area contributed by atoms with Gasteiger partial charge in [-0.05, 0) is 13.8 Å². The Kier molecular flexibility index (Phi) is 1.75. The number of aryl methyl sites for hydroxylation is 2. The summed E-state index contributed by atoms with van der Waals surface area (Å²) in [5.41, 5.74) is 0. The highest BCUT2D eigenvalue weighted by molar-refractivity contribution is 7.86. The van der Waals surface area contributed by atoms with Crippen LogP contribution in [0.2, 0.25) is 0 Å². The number of halogens is 1. The van der Waals surface area contributed by atoms with Crippen LogP contribution in [0.1, 0.15) is 11.5 Å². The Labute approximate surface area is 64.0 Å². The molecule has 1 aromatic heterocycles. The molecule has 0 saturated heterocycles. The van der Waals surface area contributed by atoms with Gasteiger partial charge in [-0.15, -0.1) is 3.89 Å². The van der Waals surface area contributed by atoms with Crippen LogP contribution in [-0.4, -0.2) is 8.42 Å². The molecule has 0 amide bonds. The average molecular weight is 178 g/mol. The first kappa shape index (κ1) is 8.26. The Morgan fingerprint density at radius 1 is 1.45 bits per heavy atom. The second-order valence-electron chi connectivity index (χ2n) is 2.22. The third-order valence-electron chi connectivity index (χ3n) is 1.26. The van der Waals surface area contributed by atoms with Crippen molar-refractivity contribution in [1.29, 1.82) is 0 Å². The zero-order valence-corrected chi connectivity index (χ0v) is 6.90. The molecule has 1 aromatic rings. The van der Waals surface area contributed by atoms with E-state index in [1.807, 2.05) is 0 Å². The minimum atomic E-state index is -4.61. The van der Waals surface area contributed by atoms with E-state index in [-0.39, 0.29) is 10.7 Å². The second-order valence-corrected chi connectivity index (χ2v) is 3.53. The number of furan rings is 1. The maximum Gasteiger partial charge on any atom is 0.335 e. The molecule has 0 unspecified atom stereocenters. The van der Waals surface area contributed by atoms with Crippen LogP contribution in [0.5, 0.6) is 0 Å². The van der Waals surface area contributed by atoms with Gasteiger partial charge in [0.1, 0.15) is 16.4 Å². The summed E-state index contributed by atoms with van der Waals surface area (Å²) in [5, 5.41) is 0. The molecular weight excluding hydrogens is 171 g/mol. The number of rotatable bonds is 1. The van der Waals surface area contributed by atoms with Gasteiger partial charge in [-0.2, -0.15) is 8.42 Å². The van der Waals surface area contributed by atoms with Crippen molar-refractivity contribution in [2.24, 2.45) is 0 Å². The summed E-state index contributed by atoms with van der Waals surface area (Å²) in [6.07, 6.45) is 0. The first-order chi connectivity index (χ1) is 4.91. The smallest absolute Gasteiger partial charge is 0.335 e. The van der Waals surface area contributed by atoms with E-state index in [9.17, 15) is 12.3 Å². The van der Waals surface area contributed by atoms with Gasteiger partial charge in [0.15, 0.2) is 0 Å². The molecule has 0 N–H and O–H groups in total. The molecule has 1 rings (SSSR count). The van der Waals surface area contributed by atoms with Gasteiger partial charge in [-0.3, -0.25) is 0 Å². The van der Waals surface area contributed by atoms with E-state index in [2.05, 4.69) is 0 Å². The molecule has 0 saturated carbocycles. The van der Waals surface area contributed by atoms with E-state index < -0.39 is 10.2 Å². The van der Waals surface area contributed by atoms with Crippen LogP contribution >= 0.6 is 0 Å². The van der Waals surface area contributed by atoms with Crippen molar-refractivity contribution in [3.63, 3.8) is 0 Å². The van der Waals surface area contributed by atoms with E-state index >= 15 is 0 Å². The highest BCUT2D eigenvalue weighted by atomic mass is 32.3. The molecule has 0 aliphatic heterocycles. The molecule has 0 spiro atoms. The van der Waals surface area contributed by atoms with Crippen LogP contribution in [0.25, 0.3) is 0 Å². The lowest BCUT2D eigenvalue weighted by molar-refractivity contribution is 0.493. The Morgan fingerprint density at radius 3 is 2.18 bits per heavy atom. The Morgan fingerprint density at radius 2 is 2.00 bits per heavy atom.